The summed E-state index contributed by atoms with van der Waals surface area (Å²) in [6, 6.07) is 7.35. The minimum Gasteiger partial charge on any atom is -0.492 e. The predicted octanol–water partition coefficient (Wildman–Crippen LogP) is 1.73. The highest BCUT2D eigenvalue weighted by Gasteiger charge is 2.02. The number of unbranched alkanes of at least 4 members (excludes halogenated alkanes) is 1. The van der Waals surface area contributed by atoms with Gasteiger partial charge in [-0.2, -0.15) is 0 Å². The van der Waals surface area contributed by atoms with Crippen LogP contribution >= 0.6 is 0 Å². The number of anilines is 1. The Balaban J connectivity index is 2.32. The van der Waals surface area contributed by atoms with Gasteiger partial charge in [-0.05, 0) is 51.2 Å². The largest absolute Gasteiger partial charge is 0.492 e. The number of hydrogen-bond donors (Lipinski definition) is 2. The van der Waals surface area contributed by atoms with E-state index in [9.17, 15) is 4.79 Å². The standard InChI is InChI=1S/C15H24N2O3/c1-17(2)10-12-20-14-8-6-13(7-9-14)16-15(19)5-3-4-11-18/h6-9,18H,3-5,10-12H2,1-2H3,(H,16,19). The Morgan fingerprint density at radius 1 is 1.25 bits per heavy atom. The molecule has 0 saturated carbocycles. The molecule has 1 aromatic rings. The molecular formula is C15H24N2O3. The lowest BCUT2D eigenvalue weighted by molar-refractivity contribution is -0.116. The first-order valence-corrected chi connectivity index (χ1v) is 6.90. The molecule has 5 nitrogen and oxygen atoms in total. The highest BCUT2D eigenvalue weighted by atomic mass is 16.5. The summed E-state index contributed by atoms with van der Waals surface area (Å²) in [5, 5.41) is 11.5. The first-order chi connectivity index (χ1) is 9.61. The molecule has 5 heteroatoms. The summed E-state index contributed by atoms with van der Waals surface area (Å²) in [5.41, 5.74) is 0.763. The van der Waals surface area contributed by atoms with Gasteiger partial charge in [-0.15, -0.1) is 0 Å². The van der Waals surface area contributed by atoms with E-state index in [2.05, 4.69) is 10.2 Å². The molecule has 1 aromatic carbocycles. The van der Waals surface area contributed by atoms with E-state index in [1.165, 1.54) is 0 Å². The molecule has 0 heterocycles. The summed E-state index contributed by atoms with van der Waals surface area (Å²) >= 11 is 0. The fourth-order valence-electron chi connectivity index (χ4n) is 1.60. The first-order valence-electron chi connectivity index (χ1n) is 6.90. The van der Waals surface area contributed by atoms with E-state index in [1.807, 2.05) is 38.4 Å². The maximum absolute atomic E-state index is 11.6. The highest BCUT2D eigenvalue weighted by molar-refractivity contribution is 5.90. The van der Waals surface area contributed by atoms with Gasteiger partial charge >= 0.3 is 0 Å². The quantitative estimate of drug-likeness (QED) is 0.676. The van der Waals surface area contributed by atoms with Gasteiger partial charge in [-0.25, -0.2) is 0 Å². The molecule has 0 atom stereocenters. The van der Waals surface area contributed by atoms with Crippen molar-refractivity contribution < 1.29 is 14.6 Å². The van der Waals surface area contributed by atoms with Crippen molar-refractivity contribution in [1.82, 2.24) is 4.90 Å². The van der Waals surface area contributed by atoms with Gasteiger partial charge in [0.05, 0.1) is 0 Å². The topological polar surface area (TPSA) is 61.8 Å². The highest BCUT2D eigenvalue weighted by Crippen LogP contribution is 2.16. The number of aliphatic hydroxyl groups is 1. The van der Waals surface area contributed by atoms with Crippen LogP contribution in [0.3, 0.4) is 0 Å². The molecule has 0 bridgehead atoms. The molecule has 0 radical (unpaired) electrons. The SMILES string of the molecule is CN(C)CCOc1ccc(NC(=O)CCCCO)cc1. The van der Waals surface area contributed by atoms with Gasteiger partial charge in [0.2, 0.25) is 5.91 Å². The van der Waals surface area contributed by atoms with Crippen molar-refractivity contribution >= 4 is 11.6 Å². The molecule has 1 rings (SSSR count). The van der Waals surface area contributed by atoms with E-state index in [0.717, 1.165) is 18.0 Å². The van der Waals surface area contributed by atoms with Crippen LogP contribution in [0.15, 0.2) is 24.3 Å². The molecule has 0 spiro atoms. The van der Waals surface area contributed by atoms with Crippen molar-refractivity contribution in [3.8, 4) is 5.75 Å². The lowest BCUT2D eigenvalue weighted by atomic mass is 10.2. The molecule has 0 aliphatic rings. The summed E-state index contributed by atoms with van der Waals surface area (Å²) in [5.74, 6) is 0.768. The zero-order valence-electron chi connectivity index (χ0n) is 12.3. The van der Waals surface area contributed by atoms with Crippen molar-refractivity contribution in [2.75, 3.05) is 39.2 Å². The number of hydrogen-bond acceptors (Lipinski definition) is 4. The van der Waals surface area contributed by atoms with E-state index < -0.39 is 0 Å². The number of likely N-dealkylation sites (N-methyl/N-ethyl adjacent to an activating group) is 1. The van der Waals surface area contributed by atoms with Crippen LogP contribution in [0, 0.1) is 0 Å². The molecule has 20 heavy (non-hydrogen) atoms. The third kappa shape index (κ3) is 7.11. The number of aliphatic hydroxyl groups excluding tert-OH is 1. The van der Waals surface area contributed by atoms with Gasteiger partial charge in [0, 0.05) is 25.3 Å². The van der Waals surface area contributed by atoms with Crippen molar-refractivity contribution in [2.24, 2.45) is 0 Å². The first kappa shape index (κ1) is 16.5. The molecule has 0 unspecified atom stereocenters. The maximum Gasteiger partial charge on any atom is 0.224 e. The van der Waals surface area contributed by atoms with Gasteiger partial charge < -0.3 is 20.1 Å². The van der Waals surface area contributed by atoms with Crippen LogP contribution in [0.2, 0.25) is 0 Å². The zero-order valence-corrected chi connectivity index (χ0v) is 12.3. The monoisotopic (exact) mass is 280 g/mol. The number of carbonyl (C=O) groups excluding carboxylic acids is 1. The number of nitrogens with one attached hydrogen (secondary N) is 1. The predicted molar refractivity (Wildman–Crippen MR) is 80.1 cm³/mol. The van der Waals surface area contributed by atoms with Crippen molar-refractivity contribution in [2.45, 2.75) is 19.3 Å². The average molecular weight is 280 g/mol. The van der Waals surface area contributed by atoms with Gasteiger partial charge in [-0.1, -0.05) is 0 Å². The number of carbonyl (C=O) groups is 1. The Kier molecular flexibility index (Phi) is 7.69. The maximum atomic E-state index is 11.6. The second kappa shape index (κ2) is 9.34. The van der Waals surface area contributed by atoms with Gasteiger partial charge in [0.1, 0.15) is 12.4 Å². The fraction of sp³-hybridized carbons (Fsp3) is 0.533. The van der Waals surface area contributed by atoms with Gasteiger partial charge in [-0.3, -0.25) is 4.79 Å². The van der Waals surface area contributed by atoms with Crippen LogP contribution < -0.4 is 10.1 Å². The number of ether oxygens (including phenoxy) is 1. The summed E-state index contributed by atoms with van der Waals surface area (Å²) in [6.45, 7) is 1.63. The number of nitrogens with zero attached hydrogens (tertiary/aromatic N) is 1. The zero-order chi connectivity index (χ0) is 14.8. The van der Waals surface area contributed by atoms with E-state index in [0.29, 0.717) is 25.9 Å². The van der Waals surface area contributed by atoms with E-state index in [-0.39, 0.29) is 12.5 Å². The van der Waals surface area contributed by atoms with Crippen LogP contribution in [-0.2, 0) is 4.79 Å². The molecule has 112 valence electrons. The van der Waals surface area contributed by atoms with Crippen LogP contribution in [0.25, 0.3) is 0 Å². The Labute approximate surface area is 120 Å². The Morgan fingerprint density at radius 3 is 2.55 bits per heavy atom. The van der Waals surface area contributed by atoms with Crippen molar-refractivity contribution in [1.29, 1.82) is 0 Å². The number of benzene rings is 1. The van der Waals surface area contributed by atoms with Gasteiger partial charge in [0.15, 0.2) is 0 Å². The summed E-state index contributed by atoms with van der Waals surface area (Å²) in [4.78, 5) is 13.6. The molecule has 0 aliphatic heterocycles. The molecular weight excluding hydrogens is 256 g/mol. The smallest absolute Gasteiger partial charge is 0.224 e. The molecule has 0 fully saturated rings. The summed E-state index contributed by atoms with van der Waals surface area (Å²) in [6.07, 6.45) is 1.79. The molecule has 2 N–H and O–H groups in total. The Bertz CT molecular complexity index is 391. The van der Waals surface area contributed by atoms with Crippen LogP contribution in [0.1, 0.15) is 19.3 Å². The van der Waals surface area contributed by atoms with E-state index >= 15 is 0 Å². The van der Waals surface area contributed by atoms with E-state index in [1.54, 1.807) is 0 Å². The fourth-order valence-corrected chi connectivity index (χ4v) is 1.60. The summed E-state index contributed by atoms with van der Waals surface area (Å²) in [7, 11) is 4.00. The molecule has 0 aromatic heterocycles. The number of amides is 1. The summed E-state index contributed by atoms with van der Waals surface area (Å²) < 4.78 is 5.57. The van der Waals surface area contributed by atoms with E-state index in [4.69, 9.17) is 9.84 Å². The third-order valence-electron chi connectivity index (χ3n) is 2.76. The minimum absolute atomic E-state index is 0.0280. The lowest BCUT2D eigenvalue weighted by Crippen LogP contribution is -2.19. The minimum atomic E-state index is -0.0280. The van der Waals surface area contributed by atoms with Crippen LogP contribution in [-0.4, -0.2) is 49.8 Å². The second-order valence-corrected chi connectivity index (χ2v) is 4.91. The lowest BCUT2D eigenvalue weighted by Gasteiger charge is -2.11. The third-order valence-corrected chi connectivity index (χ3v) is 2.76. The molecule has 0 aliphatic carbocycles. The van der Waals surface area contributed by atoms with Gasteiger partial charge in [0.25, 0.3) is 0 Å². The second-order valence-electron chi connectivity index (χ2n) is 4.91. The Hall–Kier alpha value is -1.59. The van der Waals surface area contributed by atoms with Crippen LogP contribution in [0.5, 0.6) is 5.75 Å². The molecule has 0 saturated heterocycles. The van der Waals surface area contributed by atoms with Crippen molar-refractivity contribution in [3.05, 3.63) is 24.3 Å². The molecule has 1 amide bonds. The normalized spacial score (nSPS) is 10.6. The number of rotatable bonds is 9. The van der Waals surface area contributed by atoms with Crippen LogP contribution in [0.4, 0.5) is 5.69 Å². The Morgan fingerprint density at radius 2 is 1.95 bits per heavy atom. The average Bonchev–Trinajstić information content (AvgIpc) is 2.41. The van der Waals surface area contributed by atoms with Crippen molar-refractivity contribution in [3.63, 3.8) is 0 Å².